The van der Waals surface area contributed by atoms with Crippen molar-refractivity contribution in [2.24, 2.45) is 0 Å². The van der Waals surface area contributed by atoms with Crippen LogP contribution < -0.4 is 10.1 Å². The molecule has 2 N–H and O–H groups in total. The van der Waals surface area contributed by atoms with Crippen molar-refractivity contribution in [2.45, 2.75) is 19.6 Å². The Balaban J connectivity index is 1.69. The van der Waals surface area contributed by atoms with Crippen molar-refractivity contribution in [3.8, 4) is 5.75 Å². The van der Waals surface area contributed by atoms with Crippen LogP contribution in [0.3, 0.4) is 0 Å². The van der Waals surface area contributed by atoms with E-state index in [1.165, 1.54) is 24.3 Å². The van der Waals surface area contributed by atoms with E-state index in [4.69, 9.17) is 0 Å². The van der Waals surface area contributed by atoms with Crippen LogP contribution in [0.5, 0.6) is 5.75 Å². The highest BCUT2D eigenvalue weighted by Gasteiger charge is 2.15. The number of para-hydroxylation sites is 2. The van der Waals surface area contributed by atoms with Crippen LogP contribution in [-0.4, -0.2) is 22.5 Å². The lowest BCUT2D eigenvalue weighted by molar-refractivity contribution is -0.0498. The van der Waals surface area contributed by atoms with E-state index >= 15 is 0 Å². The van der Waals surface area contributed by atoms with Gasteiger partial charge in [0.25, 0.3) is 5.91 Å². The monoisotopic (exact) mass is 331 g/mol. The maximum atomic E-state index is 12.2. The number of H-pyrrole nitrogens is 1. The molecule has 0 saturated heterocycles. The molecule has 0 bridgehead atoms. The van der Waals surface area contributed by atoms with Crippen LogP contribution in [0.2, 0.25) is 0 Å². The van der Waals surface area contributed by atoms with Crippen molar-refractivity contribution >= 4 is 16.9 Å². The highest BCUT2D eigenvalue weighted by atomic mass is 19.3. The predicted octanol–water partition coefficient (Wildman–Crippen LogP) is 3.66. The van der Waals surface area contributed by atoms with E-state index in [-0.39, 0.29) is 17.7 Å². The number of hydrogen-bond acceptors (Lipinski definition) is 3. The number of rotatable bonds is 5. The van der Waals surface area contributed by atoms with Gasteiger partial charge in [-0.2, -0.15) is 8.78 Å². The molecule has 0 fully saturated rings. The molecule has 7 heteroatoms. The van der Waals surface area contributed by atoms with Crippen LogP contribution in [0, 0.1) is 0 Å². The molecule has 0 spiro atoms. The third-order valence-corrected chi connectivity index (χ3v) is 3.51. The zero-order valence-electron chi connectivity index (χ0n) is 12.8. The van der Waals surface area contributed by atoms with Gasteiger partial charge in [-0.1, -0.05) is 12.1 Å². The highest BCUT2D eigenvalue weighted by molar-refractivity contribution is 5.94. The molecule has 0 aliphatic rings. The minimum atomic E-state index is -2.89. The van der Waals surface area contributed by atoms with Gasteiger partial charge in [0.2, 0.25) is 0 Å². The number of nitrogens with one attached hydrogen (secondary N) is 2. The van der Waals surface area contributed by atoms with Crippen molar-refractivity contribution in [3.63, 3.8) is 0 Å². The maximum Gasteiger partial charge on any atom is 0.387 e. The second kappa shape index (κ2) is 6.66. The van der Waals surface area contributed by atoms with Gasteiger partial charge < -0.3 is 15.0 Å². The molecule has 1 aromatic heterocycles. The SMILES string of the molecule is CC(NC(=O)c1ccc(OC(F)F)cc1)c1nc2ccccc2[nH]1. The maximum absolute atomic E-state index is 12.2. The minimum Gasteiger partial charge on any atom is -0.435 e. The summed E-state index contributed by atoms with van der Waals surface area (Å²) < 4.78 is 28.5. The zero-order chi connectivity index (χ0) is 17.1. The van der Waals surface area contributed by atoms with E-state index in [0.717, 1.165) is 11.0 Å². The first-order chi connectivity index (χ1) is 11.5. The first kappa shape index (κ1) is 15.9. The van der Waals surface area contributed by atoms with E-state index in [2.05, 4.69) is 20.0 Å². The third-order valence-electron chi connectivity index (χ3n) is 3.51. The normalized spacial score (nSPS) is 12.3. The molecule has 2 aromatic carbocycles. The fourth-order valence-electron chi connectivity index (χ4n) is 2.31. The van der Waals surface area contributed by atoms with Gasteiger partial charge in [-0.15, -0.1) is 0 Å². The summed E-state index contributed by atoms with van der Waals surface area (Å²) in [6.07, 6.45) is 0. The van der Waals surface area contributed by atoms with Gasteiger partial charge in [0.1, 0.15) is 11.6 Å². The predicted molar refractivity (Wildman–Crippen MR) is 85.0 cm³/mol. The number of aromatic nitrogens is 2. The van der Waals surface area contributed by atoms with Gasteiger partial charge in [0.15, 0.2) is 0 Å². The summed E-state index contributed by atoms with van der Waals surface area (Å²) in [4.78, 5) is 19.8. The molecule has 0 aliphatic heterocycles. The molecule has 0 saturated carbocycles. The standard InChI is InChI=1S/C17H15F2N3O2/c1-10(15-21-13-4-2-3-5-14(13)22-15)20-16(23)11-6-8-12(9-7-11)24-17(18)19/h2-10,17H,1H3,(H,20,23)(H,21,22). The largest absolute Gasteiger partial charge is 0.435 e. The first-order valence-electron chi connectivity index (χ1n) is 7.33. The topological polar surface area (TPSA) is 67.0 Å². The van der Waals surface area contributed by atoms with Gasteiger partial charge >= 0.3 is 6.61 Å². The Bertz CT molecular complexity index is 813. The first-order valence-corrected chi connectivity index (χ1v) is 7.33. The number of amides is 1. The molecule has 3 aromatic rings. The number of carbonyl (C=O) groups excluding carboxylic acids is 1. The molecule has 0 radical (unpaired) electrons. The van der Waals surface area contributed by atoms with Crippen LogP contribution in [0.4, 0.5) is 8.78 Å². The van der Waals surface area contributed by atoms with Crippen molar-refractivity contribution in [1.82, 2.24) is 15.3 Å². The Hall–Kier alpha value is -2.96. The number of hydrogen-bond donors (Lipinski definition) is 2. The molecule has 124 valence electrons. The lowest BCUT2D eigenvalue weighted by Crippen LogP contribution is -2.27. The number of ether oxygens (including phenoxy) is 1. The second-order valence-electron chi connectivity index (χ2n) is 5.24. The van der Waals surface area contributed by atoms with Crippen LogP contribution in [0.15, 0.2) is 48.5 Å². The molecule has 24 heavy (non-hydrogen) atoms. The Morgan fingerprint density at radius 3 is 2.54 bits per heavy atom. The number of fused-ring (bicyclic) bond motifs is 1. The number of carbonyl (C=O) groups is 1. The van der Waals surface area contributed by atoms with Crippen molar-refractivity contribution in [3.05, 3.63) is 59.9 Å². The highest BCUT2D eigenvalue weighted by Crippen LogP contribution is 2.18. The quantitative estimate of drug-likeness (QED) is 0.750. The van der Waals surface area contributed by atoms with E-state index in [0.29, 0.717) is 11.4 Å². The number of benzene rings is 2. The summed E-state index contributed by atoms with van der Waals surface area (Å²) in [7, 11) is 0. The molecule has 1 amide bonds. The van der Waals surface area contributed by atoms with Crippen LogP contribution in [0.25, 0.3) is 11.0 Å². The summed E-state index contributed by atoms with van der Waals surface area (Å²) in [5.74, 6) is 0.320. The molecule has 1 atom stereocenters. The summed E-state index contributed by atoms with van der Waals surface area (Å²) >= 11 is 0. The number of halogens is 2. The van der Waals surface area contributed by atoms with Gasteiger partial charge in [-0.25, -0.2) is 4.98 Å². The average Bonchev–Trinajstić information content (AvgIpc) is 2.99. The Kier molecular flexibility index (Phi) is 4.41. The van der Waals surface area contributed by atoms with Gasteiger partial charge in [-0.05, 0) is 43.3 Å². The van der Waals surface area contributed by atoms with E-state index in [1.807, 2.05) is 31.2 Å². The summed E-state index contributed by atoms with van der Waals surface area (Å²) in [5, 5.41) is 2.81. The van der Waals surface area contributed by atoms with Crippen molar-refractivity contribution in [2.75, 3.05) is 0 Å². The number of alkyl halides is 2. The van der Waals surface area contributed by atoms with Crippen LogP contribution in [0.1, 0.15) is 29.1 Å². The minimum absolute atomic E-state index is 0.00637. The number of imidazole rings is 1. The lowest BCUT2D eigenvalue weighted by atomic mass is 10.2. The third kappa shape index (κ3) is 3.51. The van der Waals surface area contributed by atoms with Crippen LogP contribution in [-0.2, 0) is 0 Å². The molecule has 1 heterocycles. The molecular weight excluding hydrogens is 316 g/mol. The average molecular weight is 331 g/mol. The lowest BCUT2D eigenvalue weighted by Gasteiger charge is -2.12. The summed E-state index contributed by atoms with van der Waals surface area (Å²) in [5.41, 5.74) is 2.06. The van der Waals surface area contributed by atoms with E-state index in [9.17, 15) is 13.6 Å². The van der Waals surface area contributed by atoms with E-state index in [1.54, 1.807) is 0 Å². The number of aromatic amines is 1. The molecule has 0 aliphatic carbocycles. The van der Waals surface area contributed by atoms with Gasteiger partial charge in [0.05, 0.1) is 17.1 Å². The Morgan fingerprint density at radius 1 is 1.17 bits per heavy atom. The fraction of sp³-hybridized carbons (Fsp3) is 0.176. The summed E-state index contributed by atoms with van der Waals surface area (Å²) in [6, 6.07) is 12.8. The Morgan fingerprint density at radius 2 is 1.88 bits per heavy atom. The molecule has 3 rings (SSSR count). The van der Waals surface area contributed by atoms with Gasteiger partial charge in [0, 0.05) is 5.56 Å². The number of nitrogens with zero attached hydrogens (tertiary/aromatic N) is 1. The Labute approximate surface area is 136 Å². The fourth-order valence-corrected chi connectivity index (χ4v) is 2.31. The van der Waals surface area contributed by atoms with Crippen LogP contribution >= 0.6 is 0 Å². The zero-order valence-corrected chi connectivity index (χ0v) is 12.8. The molecule has 5 nitrogen and oxygen atoms in total. The smallest absolute Gasteiger partial charge is 0.387 e. The summed E-state index contributed by atoms with van der Waals surface area (Å²) in [6.45, 7) is -1.08. The van der Waals surface area contributed by atoms with Crippen molar-refractivity contribution < 1.29 is 18.3 Å². The molecular formula is C17H15F2N3O2. The second-order valence-corrected chi connectivity index (χ2v) is 5.24. The van der Waals surface area contributed by atoms with E-state index < -0.39 is 6.61 Å². The van der Waals surface area contributed by atoms with Gasteiger partial charge in [-0.3, -0.25) is 4.79 Å². The molecule has 1 unspecified atom stereocenters. The van der Waals surface area contributed by atoms with Crippen molar-refractivity contribution in [1.29, 1.82) is 0 Å².